The van der Waals surface area contributed by atoms with E-state index < -0.39 is 0 Å². The standard InChI is InChI=1S/C17H18N2O2/c1-2-19-12(10-15-16(18)4-3-5-17(15)19)11-21-14-8-6-13(20)7-9-14/h3-10,20H,2,11,18H2,1H3. The molecule has 0 unspecified atom stereocenters. The molecule has 0 aliphatic heterocycles. The second kappa shape index (κ2) is 5.40. The number of phenolic OH excluding ortho intramolecular Hbond substituents is 1. The van der Waals surface area contributed by atoms with Gasteiger partial charge in [0.15, 0.2) is 0 Å². The average molecular weight is 282 g/mol. The summed E-state index contributed by atoms with van der Waals surface area (Å²) in [6, 6.07) is 14.8. The molecule has 21 heavy (non-hydrogen) atoms. The first kappa shape index (κ1) is 13.4. The van der Waals surface area contributed by atoms with Gasteiger partial charge in [0.1, 0.15) is 18.1 Å². The van der Waals surface area contributed by atoms with Crippen LogP contribution in [0.5, 0.6) is 11.5 Å². The van der Waals surface area contributed by atoms with Crippen molar-refractivity contribution in [1.82, 2.24) is 4.57 Å². The zero-order valence-electron chi connectivity index (χ0n) is 11.9. The molecular weight excluding hydrogens is 264 g/mol. The molecule has 0 bridgehead atoms. The monoisotopic (exact) mass is 282 g/mol. The van der Waals surface area contributed by atoms with Crippen LogP contribution in [0.15, 0.2) is 48.5 Å². The lowest BCUT2D eigenvalue weighted by Crippen LogP contribution is -2.04. The van der Waals surface area contributed by atoms with Gasteiger partial charge in [-0.1, -0.05) is 6.07 Å². The molecule has 0 radical (unpaired) electrons. The maximum Gasteiger partial charge on any atom is 0.128 e. The van der Waals surface area contributed by atoms with E-state index in [-0.39, 0.29) is 5.75 Å². The number of hydrogen-bond acceptors (Lipinski definition) is 3. The number of nitrogens with two attached hydrogens (primary N) is 1. The average Bonchev–Trinajstić information content (AvgIpc) is 2.86. The number of ether oxygens (including phenoxy) is 1. The molecule has 3 aromatic rings. The zero-order valence-corrected chi connectivity index (χ0v) is 11.9. The molecule has 4 heteroatoms. The summed E-state index contributed by atoms with van der Waals surface area (Å²) in [4.78, 5) is 0. The lowest BCUT2D eigenvalue weighted by Gasteiger charge is -2.10. The Balaban J connectivity index is 1.89. The Hall–Kier alpha value is -2.62. The highest BCUT2D eigenvalue weighted by Gasteiger charge is 2.10. The van der Waals surface area contributed by atoms with Crippen molar-refractivity contribution >= 4 is 16.6 Å². The van der Waals surface area contributed by atoms with Gasteiger partial charge in [-0.3, -0.25) is 0 Å². The fourth-order valence-corrected chi connectivity index (χ4v) is 2.55. The van der Waals surface area contributed by atoms with Crippen molar-refractivity contribution in [1.29, 1.82) is 0 Å². The van der Waals surface area contributed by atoms with Gasteiger partial charge in [0.05, 0.1) is 11.2 Å². The van der Waals surface area contributed by atoms with E-state index in [0.29, 0.717) is 6.61 Å². The van der Waals surface area contributed by atoms with Crippen LogP contribution in [0.1, 0.15) is 12.6 Å². The number of nitrogen functional groups attached to an aromatic ring is 1. The number of anilines is 1. The summed E-state index contributed by atoms with van der Waals surface area (Å²) in [7, 11) is 0. The quantitative estimate of drug-likeness (QED) is 0.720. The molecule has 1 aromatic heterocycles. The highest BCUT2D eigenvalue weighted by molar-refractivity contribution is 5.92. The summed E-state index contributed by atoms with van der Waals surface area (Å²) in [5, 5.41) is 10.3. The molecule has 4 nitrogen and oxygen atoms in total. The molecule has 108 valence electrons. The number of fused-ring (bicyclic) bond motifs is 1. The largest absolute Gasteiger partial charge is 0.508 e. The summed E-state index contributed by atoms with van der Waals surface area (Å²) in [6.07, 6.45) is 0. The van der Waals surface area contributed by atoms with Crippen LogP contribution < -0.4 is 10.5 Å². The van der Waals surface area contributed by atoms with Gasteiger partial charge in [-0.25, -0.2) is 0 Å². The number of aromatic hydroxyl groups is 1. The van der Waals surface area contributed by atoms with Crippen LogP contribution in [0.25, 0.3) is 10.9 Å². The molecule has 0 amide bonds. The topological polar surface area (TPSA) is 60.4 Å². The van der Waals surface area contributed by atoms with E-state index in [4.69, 9.17) is 10.5 Å². The Kier molecular flexibility index (Phi) is 3.44. The molecule has 0 spiro atoms. The van der Waals surface area contributed by atoms with Crippen LogP contribution in [0.2, 0.25) is 0 Å². The van der Waals surface area contributed by atoms with E-state index in [9.17, 15) is 5.11 Å². The molecule has 0 aliphatic carbocycles. The third-order valence-electron chi connectivity index (χ3n) is 3.60. The second-order valence-corrected chi connectivity index (χ2v) is 4.94. The Bertz CT molecular complexity index is 760. The number of hydrogen-bond donors (Lipinski definition) is 2. The molecule has 2 aromatic carbocycles. The van der Waals surface area contributed by atoms with E-state index in [1.54, 1.807) is 24.3 Å². The number of phenols is 1. The molecule has 0 fully saturated rings. The first-order valence-electron chi connectivity index (χ1n) is 6.97. The Morgan fingerprint density at radius 1 is 1.14 bits per heavy atom. The number of benzene rings is 2. The van der Waals surface area contributed by atoms with Crippen molar-refractivity contribution in [3.63, 3.8) is 0 Å². The molecule has 0 saturated carbocycles. The van der Waals surface area contributed by atoms with Crippen LogP contribution in [-0.4, -0.2) is 9.67 Å². The summed E-state index contributed by atoms with van der Waals surface area (Å²) in [5.41, 5.74) is 9.03. The predicted octanol–water partition coefficient (Wildman–Crippen LogP) is 3.53. The van der Waals surface area contributed by atoms with Gasteiger partial charge in [0.25, 0.3) is 0 Å². The molecule has 3 N–H and O–H groups in total. The van der Waals surface area contributed by atoms with Crippen molar-refractivity contribution in [2.75, 3.05) is 5.73 Å². The van der Waals surface area contributed by atoms with Gasteiger partial charge < -0.3 is 20.1 Å². The maximum absolute atomic E-state index is 9.28. The lowest BCUT2D eigenvalue weighted by molar-refractivity contribution is 0.295. The maximum atomic E-state index is 9.28. The van der Waals surface area contributed by atoms with E-state index in [2.05, 4.69) is 23.6 Å². The van der Waals surface area contributed by atoms with Gasteiger partial charge in [0.2, 0.25) is 0 Å². The van der Waals surface area contributed by atoms with Crippen molar-refractivity contribution in [2.24, 2.45) is 0 Å². The minimum atomic E-state index is 0.234. The van der Waals surface area contributed by atoms with Gasteiger partial charge in [-0.05, 0) is 49.4 Å². The molecule has 0 aliphatic rings. The van der Waals surface area contributed by atoms with Crippen LogP contribution in [0.3, 0.4) is 0 Å². The van der Waals surface area contributed by atoms with E-state index in [1.165, 1.54) is 0 Å². The zero-order chi connectivity index (χ0) is 14.8. The molecule has 3 rings (SSSR count). The second-order valence-electron chi connectivity index (χ2n) is 4.94. The van der Waals surface area contributed by atoms with Crippen molar-refractivity contribution < 1.29 is 9.84 Å². The lowest BCUT2D eigenvalue weighted by atomic mass is 10.2. The third-order valence-corrected chi connectivity index (χ3v) is 3.60. The van der Waals surface area contributed by atoms with Crippen molar-refractivity contribution in [3.8, 4) is 11.5 Å². The van der Waals surface area contributed by atoms with Gasteiger partial charge >= 0.3 is 0 Å². The highest BCUT2D eigenvalue weighted by Crippen LogP contribution is 2.26. The van der Waals surface area contributed by atoms with E-state index in [0.717, 1.165) is 34.6 Å². The first-order valence-corrected chi connectivity index (χ1v) is 6.97. The normalized spacial score (nSPS) is 10.9. The minimum Gasteiger partial charge on any atom is -0.508 e. The SMILES string of the molecule is CCn1c(COc2ccc(O)cc2)cc2c(N)cccc21. The fraction of sp³-hybridized carbons (Fsp3) is 0.176. The van der Waals surface area contributed by atoms with Crippen molar-refractivity contribution in [3.05, 3.63) is 54.2 Å². The molecule has 0 saturated heterocycles. The van der Waals surface area contributed by atoms with Crippen LogP contribution in [0, 0.1) is 0 Å². The summed E-state index contributed by atoms with van der Waals surface area (Å²) in [5.74, 6) is 0.964. The minimum absolute atomic E-state index is 0.234. The summed E-state index contributed by atoms with van der Waals surface area (Å²) in [6.45, 7) is 3.43. The molecule has 0 atom stereocenters. The number of aryl methyl sites for hydroxylation is 1. The molecular formula is C17H18N2O2. The van der Waals surface area contributed by atoms with Crippen LogP contribution >= 0.6 is 0 Å². The van der Waals surface area contributed by atoms with Gasteiger partial charge in [-0.2, -0.15) is 0 Å². The number of rotatable bonds is 4. The number of aromatic nitrogens is 1. The summed E-state index contributed by atoms with van der Waals surface area (Å²) < 4.78 is 7.99. The molecule has 1 heterocycles. The van der Waals surface area contributed by atoms with Crippen LogP contribution in [-0.2, 0) is 13.2 Å². The Morgan fingerprint density at radius 3 is 2.62 bits per heavy atom. The van der Waals surface area contributed by atoms with Crippen molar-refractivity contribution in [2.45, 2.75) is 20.1 Å². The Morgan fingerprint density at radius 2 is 1.90 bits per heavy atom. The highest BCUT2D eigenvalue weighted by atomic mass is 16.5. The first-order chi connectivity index (χ1) is 10.2. The third kappa shape index (κ3) is 2.52. The van der Waals surface area contributed by atoms with E-state index in [1.807, 2.05) is 12.1 Å². The van der Waals surface area contributed by atoms with E-state index >= 15 is 0 Å². The summed E-state index contributed by atoms with van der Waals surface area (Å²) >= 11 is 0. The van der Waals surface area contributed by atoms with Crippen LogP contribution in [0.4, 0.5) is 5.69 Å². The number of nitrogens with zero attached hydrogens (tertiary/aromatic N) is 1. The van der Waals surface area contributed by atoms with Gasteiger partial charge in [0, 0.05) is 17.6 Å². The fourth-order valence-electron chi connectivity index (χ4n) is 2.55. The smallest absolute Gasteiger partial charge is 0.128 e. The Labute approximate surface area is 123 Å². The predicted molar refractivity (Wildman–Crippen MR) is 84.5 cm³/mol. The van der Waals surface area contributed by atoms with Gasteiger partial charge in [-0.15, -0.1) is 0 Å².